The van der Waals surface area contributed by atoms with E-state index in [1.165, 1.54) is 11.3 Å². The number of nitrogens with one attached hydrogen (secondary N) is 1. The van der Waals surface area contributed by atoms with Crippen LogP contribution in [0.15, 0.2) is 0 Å². The van der Waals surface area contributed by atoms with Gasteiger partial charge in [-0.05, 0) is 31.7 Å². The van der Waals surface area contributed by atoms with Crippen molar-refractivity contribution in [2.24, 2.45) is 11.8 Å². The SMILES string of the molecule is COc1nc(C)c(C(=O)NC[C@@H]2CCN(CC(C)C)C2)s1. The third-order valence-electron chi connectivity index (χ3n) is 3.70. The average Bonchev–Trinajstić information content (AvgIpc) is 3.02. The van der Waals surface area contributed by atoms with Crippen molar-refractivity contribution in [1.29, 1.82) is 0 Å². The quantitative estimate of drug-likeness (QED) is 0.875. The van der Waals surface area contributed by atoms with Crippen LogP contribution in [0.1, 0.15) is 35.6 Å². The number of nitrogens with zero attached hydrogens (tertiary/aromatic N) is 2. The second-order valence-electron chi connectivity index (χ2n) is 6.12. The predicted octanol–water partition coefficient (Wildman–Crippen LogP) is 2.17. The molecule has 0 spiro atoms. The molecule has 1 aliphatic heterocycles. The second-order valence-corrected chi connectivity index (χ2v) is 7.08. The molecule has 0 bridgehead atoms. The largest absolute Gasteiger partial charge is 0.473 e. The molecule has 0 aliphatic carbocycles. The predicted molar refractivity (Wildman–Crippen MR) is 85.1 cm³/mol. The number of carbonyl (C=O) groups is 1. The highest BCUT2D eigenvalue weighted by atomic mass is 32.1. The van der Waals surface area contributed by atoms with E-state index in [-0.39, 0.29) is 5.91 Å². The summed E-state index contributed by atoms with van der Waals surface area (Å²) >= 11 is 1.30. The number of aryl methyl sites for hydroxylation is 1. The van der Waals surface area contributed by atoms with E-state index in [2.05, 4.69) is 29.0 Å². The summed E-state index contributed by atoms with van der Waals surface area (Å²) in [5, 5.41) is 3.59. The van der Waals surface area contributed by atoms with Gasteiger partial charge in [0.1, 0.15) is 4.88 Å². The third kappa shape index (κ3) is 4.41. The molecule has 2 heterocycles. The molecule has 2 rings (SSSR count). The van der Waals surface area contributed by atoms with E-state index < -0.39 is 0 Å². The van der Waals surface area contributed by atoms with Gasteiger partial charge in [-0.25, -0.2) is 4.98 Å². The van der Waals surface area contributed by atoms with Gasteiger partial charge in [0.05, 0.1) is 12.8 Å². The first kappa shape index (κ1) is 16.2. The molecule has 5 nitrogen and oxygen atoms in total. The van der Waals surface area contributed by atoms with Crippen LogP contribution in [0.25, 0.3) is 0 Å². The standard InChI is InChI=1S/C15H25N3O2S/c1-10(2)8-18-6-5-12(9-18)7-16-14(19)13-11(3)17-15(20-4)21-13/h10,12H,5-9H2,1-4H3,(H,16,19)/t12-/m0/s1. The molecule has 0 saturated carbocycles. The second kappa shape index (κ2) is 7.22. The van der Waals surface area contributed by atoms with Crippen molar-refractivity contribution >= 4 is 17.2 Å². The van der Waals surface area contributed by atoms with Gasteiger partial charge in [-0.1, -0.05) is 25.2 Å². The van der Waals surface area contributed by atoms with Gasteiger partial charge >= 0.3 is 0 Å². The normalized spacial score (nSPS) is 19.2. The highest BCUT2D eigenvalue weighted by molar-refractivity contribution is 7.15. The van der Waals surface area contributed by atoms with E-state index in [4.69, 9.17) is 4.74 Å². The number of methoxy groups -OCH3 is 1. The number of hydrogen-bond donors (Lipinski definition) is 1. The molecule has 0 aromatic carbocycles. The van der Waals surface area contributed by atoms with E-state index in [1.54, 1.807) is 7.11 Å². The van der Waals surface area contributed by atoms with Crippen molar-refractivity contribution in [2.75, 3.05) is 33.3 Å². The van der Waals surface area contributed by atoms with Crippen LogP contribution < -0.4 is 10.1 Å². The Hall–Kier alpha value is -1.14. The molecule has 1 amide bonds. The van der Waals surface area contributed by atoms with Crippen LogP contribution in [-0.2, 0) is 0 Å². The molecule has 6 heteroatoms. The van der Waals surface area contributed by atoms with Gasteiger partial charge in [-0.15, -0.1) is 0 Å². The van der Waals surface area contributed by atoms with Crippen LogP contribution in [0.4, 0.5) is 0 Å². The number of aromatic nitrogens is 1. The molecule has 118 valence electrons. The monoisotopic (exact) mass is 311 g/mol. The van der Waals surface area contributed by atoms with Crippen LogP contribution >= 0.6 is 11.3 Å². The molecule has 21 heavy (non-hydrogen) atoms. The van der Waals surface area contributed by atoms with E-state index >= 15 is 0 Å². The van der Waals surface area contributed by atoms with Crippen molar-refractivity contribution in [2.45, 2.75) is 27.2 Å². The van der Waals surface area contributed by atoms with Crippen molar-refractivity contribution in [3.8, 4) is 5.19 Å². The molecule has 0 radical (unpaired) electrons. The Balaban J connectivity index is 1.80. The van der Waals surface area contributed by atoms with Gasteiger partial charge in [0.15, 0.2) is 0 Å². The first-order chi connectivity index (χ1) is 9.99. The summed E-state index contributed by atoms with van der Waals surface area (Å²) in [5.41, 5.74) is 0.738. The lowest BCUT2D eigenvalue weighted by atomic mass is 10.1. The molecular formula is C15H25N3O2S. The number of thiazole rings is 1. The van der Waals surface area contributed by atoms with Crippen LogP contribution in [0.3, 0.4) is 0 Å². The molecule has 0 unspecified atom stereocenters. The summed E-state index contributed by atoms with van der Waals surface area (Å²) in [6, 6.07) is 0. The Morgan fingerprint density at radius 3 is 2.95 bits per heavy atom. The van der Waals surface area contributed by atoms with Crippen molar-refractivity contribution in [3.05, 3.63) is 10.6 Å². The summed E-state index contributed by atoms with van der Waals surface area (Å²) < 4.78 is 5.08. The lowest BCUT2D eigenvalue weighted by molar-refractivity contribution is 0.0950. The Morgan fingerprint density at radius 1 is 1.57 bits per heavy atom. The summed E-state index contributed by atoms with van der Waals surface area (Å²) in [7, 11) is 1.57. The Morgan fingerprint density at radius 2 is 2.33 bits per heavy atom. The summed E-state index contributed by atoms with van der Waals surface area (Å²) in [6.45, 7) is 10.5. The lowest BCUT2D eigenvalue weighted by Crippen LogP contribution is -2.31. The van der Waals surface area contributed by atoms with Gasteiger partial charge in [0.25, 0.3) is 11.1 Å². The highest BCUT2D eigenvalue weighted by Gasteiger charge is 2.24. The van der Waals surface area contributed by atoms with Crippen LogP contribution in [0.2, 0.25) is 0 Å². The van der Waals surface area contributed by atoms with Crippen molar-refractivity contribution in [3.63, 3.8) is 0 Å². The molecule has 1 aromatic rings. The Kier molecular flexibility index (Phi) is 5.58. The smallest absolute Gasteiger partial charge is 0.273 e. The van der Waals surface area contributed by atoms with Gasteiger partial charge < -0.3 is 15.0 Å². The maximum Gasteiger partial charge on any atom is 0.273 e. The number of carbonyl (C=O) groups excluding carboxylic acids is 1. The van der Waals surface area contributed by atoms with Crippen LogP contribution in [-0.4, -0.2) is 49.1 Å². The van der Waals surface area contributed by atoms with E-state index in [9.17, 15) is 4.79 Å². The topological polar surface area (TPSA) is 54.5 Å². The zero-order valence-corrected chi connectivity index (χ0v) is 14.1. The first-order valence-electron chi connectivity index (χ1n) is 7.51. The number of likely N-dealkylation sites (tertiary alicyclic amines) is 1. The first-order valence-corrected chi connectivity index (χ1v) is 8.33. The minimum absolute atomic E-state index is 0.0318. The summed E-state index contributed by atoms with van der Waals surface area (Å²) in [4.78, 5) is 19.5. The fraction of sp³-hybridized carbons (Fsp3) is 0.733. The highest BCUT2D eigenvalue weighted by Crippen LogP contribution is 2.24. The molecular weight excluding hydrogens is 286 g/mol. The molecule has 1 N–H and O–H groups in total. The molecule has 1 aliphatic rings. The zero-order chi connectivity index (χ0) is 15.4. The maximum atomic E-state index is 12.2. The third-order valence-corrected chi connectivity index (χ3v) is 4.82. The van der Waals surface area contributed by atoms with Crippen LogP contribution in [0.5, 0.6) is 5.19 Å². The van der Waals surface area contributed by atoms with Gasteiger partial charge in [-0.2, -0.15) is 0 Å². The van der Waals surface area contributed by atoms with E-state index in [1.807, 2.05) is 6.92 Å². The van der Waals surface area contributed by atoms with Gasteiger partial charge in [-0.3, -0.25) is 4.79 Å². The van der Waals surface area contributed by atoms with Gasteiger partial charge in [0, 0.05) is 19.6 Å². The fourth-order valence-electron chi connectivity index (χ4n) is 2.75. The maximum absolute atomic E-state index is 12.2. The van der Waals surface area contributed by atoms with Crippen molar-refractivity contribution in [1.82, 2.24) is 15.2 Å². The number of ether oxygens (including phenoxy) is 1. The van der Waals surface area contributed by atoms with Gasteiger partial charge in [0.2, 0.25) is 0 Å². The molecule has 1 fully saturated rings. The molecule has 1 atom stereocenters. The summed E-state index contributed by atoms with van der Waals surface area (Å²) in [5.74, 6) is 1.23. The number of hydrogen-bond acceptors (Lipinski definition) is 5. The number of rotatable bonds is 6. The number of amides is 1. The Bertz CT molecular complexity index is 487. The summed E-state index contributed by atoms with van der Waals surface area (Å²) in [6.07, 6.45) is 1.16. The van der Waals surface area contributed by atoms with Crippen LogP contribution in [0, 0.1) is 18.8 Å². The average molecular weight is 311 g/mol. The van der Waals surface area contributed by atoms with E-state index in [0.29, 0.717) is 21.9 Å². The Labute approximate surface area is 130 Å². The van der Waals surface area contributed by atoms with E-state index in [0.717, 1.165) is 38.3 Å². The zero-order valence-electron chi connectivity index (χ0n) is 13.3. The molecule has 1 saturated heterocycles. The van der Waals surface area contributed by atoms with Crippen molar-refractivity contribution < 1.29 is 9.53 Å². The fourth-order valence-corrected chi connectivity index (χ4v) is 3.55. The lowest BCUT2D eigenvalue weighted by Gasteiger charge is -2.18. The molecule has 1 aromatic heterocycles. The minimum atomic E-state index is -0.0318. The minimum Gasteiger partial charge on any atom is -0.473 e.